The van der Waals surface area contributed by atoms with Crippen molar-refractivity contribution in [2.75, 3.05) is 20.7 Å². The van der Waals surface area contributed by atoms with Gasteiger partial charge < -0.3 is 10.1 Å². The summed E-state index contributed by atoms with van der Waals surface area (Å²) in [4.78, 5) is 13.7. The topological polar surface area (TPSA) is 41.6 Å². The second-order valence-electron chi connectivity index (χ2n) is 5.54. The number of rotatable bonds is 7. The molecule has 0 spiro atoms. The Kier molecular flexibility index (Phi) is 6.26. The van der Waals surface area contributed by atoms with Crippen LogP contribution in [-0.2, 0) is 17.9 Å². The standard InChI is InChI=1S/C18H20F2N2O2/c1-22(11-14-5-8-17(24-2)16(20)9-14)12-18(23)21-10-13-3-6-15(19)7-4-13/h3-9H,10-12H2,1-2H3,(H,21,23). The van der Waals surface area contributed by atoms with Crippen LogP contribution in [0.1, 0.15) is 11.1 Å². The fraction of sp³-hybridized carbons (Fsp3) is 0.278. The predicted octanol–water partition coefficient (Wildman–Crippen LogP) is 2.72. The van der Waals surface area contributed by atoms with Gasteiger partial charge in [0.05, 0.1) is 13.7 Å². The average molecular weight is 334 g/mol. The summed E-state index contributed by atoms with van der Waals surface area (Å²) in [6.07, 6.45) is 0. The molecule has 24 heavy (non-hydrogen) atoms. The van der Waals surface area contributed by atoms with Gasteiger partial charge in [0.1, 0.15) is 5.82 Å². The van der Waals surface area contributed by atoms with Gasteiger partial charge in [-0.25, -0.2) is 8.78 Å². The number of benzene rings is 2. The van der Waals surface area contributed by atoms with E-state index >= 15 is 0 Å². The molecule has 0 radical (unpaired) electrons. The van der Waals surface area contributed by atoms with Gasteiger partial charge in [-0.3, -0.25) is 9.69 Å². The van der Waals surface area contributed by atoms with Crippen LogP contribution in [-0.4, -0.2) is 31.5 Å². The Bertz CT molecular complexity index is 690. The number of likely N-dealkylation sites (N-methyl/N-ethyl adjacent to an activating group) is 1. The third-order valence-corrected chi connectivity index (χ3v) is 3.49. The molecule has 0 aromatic heterocycles. The normalized spacial score (nSPS) is 10.7. The lowest BCUT2D eigenvalue weighted by Crippen LogP contribution is -2.34. The van der Waals surface area contributed by atoms with Crippen LogP contribution in [0, 0.1) is 11.6 Å². The predicted molar refractivity (Wildman–Crippen MR) is 87.5 cm³/mol. The number of methoxy groups -OCH3 is 1. The number of ether oxygens (including phenoxy) is 1. The van der Waals surface area contributed by atoms with Crippen molar-refractivity contribution in [2.45, 2.75) is 13.1 Å². The molecule has 2 aromatic rings. The minimum atomic E-state index is -0.427. The number of carbonyl (C=O) groups is 1. The first-order chi connectivity index (χ1) is 11.5. The van der Waals surface area contributed by atoms with Gasteiger partial charge in [0.2, 0.25) is 5.91 Å². The Balaban J connectivity index is 1.80. The summed E-state index contributed by atoms with van der Waals surface area (Å²) >= 11 is 0. The van der Waals surface area contributed by atoms with Gasteiger partial charge in [0.15, 0.2) is 11.6 Å². The quantitative estimate of drug-likeness (QED) is 0.846. The zero-order valence-corrected chi connectivity index (χ0v) is 13.7. The van der Waals surface area contributed by atoms with Gasteiger partial charge in [0, 0.05) is 13.1 Å². The molecule has 2 rings (SSSR count). The van der Waals surface area contributed by atoms with E-state index in [0.29, 0.717) is 13.1 Å². The molecular formula is C18H20F2N2O2. The summed E-state index contributed by atoms with van der Waals surface area (Å²) in [6, 6.07) is 10.7. The van der Waals surface area contributed by atoms with Gasteiger partial charge in [-0.1, -0.05) is 18.2 Å². The van der Waals surface area contributed by atoms with Crippen molar-refractivity contribution in [2.24, 2.45) is 0 Å². The van der Waals surface area contributed by atoms with Crippen molar-refractivity contribution in [3.05, 3.63) is 65.2 Å². The molecule has 0 atom stereocenters. The van der Waals surface area contributed by atoms with E-state index < -0.39 is 5.82 Å². The first-order valence-corrected chi connectivity index (χ1v) is 7.50. The molecule has 0 aliphatic heterocycles. The third kappa shape index (κ3) is 5.31. The molecule has 0 bridgehead atoms. The maximum atomic E-state index is 13.7. The number of hydrogen-bond acceptors (Lipinski definition) is 3. The molecule has 1 N–H and O–H groups in total. The Labute approximate surface area is 140 Å². The van der Waals surface area contributed by atoms with Crippen LogP contribution in [0.4, 0.5) is 8.78 Å². The minimum absolute atomic E-state index is 0.157. The lowest BCUT2D eigenvalue weighted by molar-refractivity contribution is -0.122. The molecule has 6 heteroatoms. The van der Waals surface area contributed by atoms with E-state index in [4.69, 9.17) is 4.74 Å². The van der Waals surface area contributed by atoms with E-state index in [0.717, 1.165) is 11.1 Å². The zero-order valence-electron chi connectivity index (χ0n) is 13.7. The number of hydrogen-bond donors (Lipinski definition) is 1. The van der Waals surface area contributed by atoms with Crippen LogP contribution in [0.3, 0.4) is 0 Å². The van der Waals surface area contributed by atoms with Crippen molar-refractivity contribution in [3.63, 3.8) is 0 Å². The fourth-order valence-corrected chi connectivity index (χ4v) is 2.28. The van der Waals surface area contributed by atoms with Gasteiger partial charge in [-0.2, -0.15) is 0 Å². The Hall–Kier alpha value is -2.47. The van der Waals surface area contributed by atoms with E-state index in [9.17, 15) is 13.6 Å². The largest absolute Gasteiger partial charge is 0.494 e. The first-order valence-electron chi connectivity index (χ1n) is 7.50. The van der Waals surface area contributed by atoms with E-state index in [1.54, 1.807) is 36.2 Å². The van der Waals surface area contributed by atoms with Crippen molar-refractivity contribution >= 4 is 5.91 Å². The van der Waals surface area contributed by atoms with Crippen LogP contribution < -0.4 is 10.1 Å². The number of carbonyl (C=O) groups excluding carboxylic acids is 1. The third-order valence-electron chi connectivity index (χ3n) is 3.49. The molecular weight excluding hydrogens is 314 g/mol. The van der Waals surface area contributed by atoms with Gasteiger partial charge in [-0.15, -0.1) is 0 Å². The molecule has 0 heterocycles. The Morgan fingerprint density at radius 1 is 1.12 bits per heavy atom. The Morgan fingerprint density at radius 2 is 1.79 bits per heavy atom. The summed E-state index contributed by atoms with van der Waals surface area (Å²) in [5, 5.41) is 2.77. The van der Waals surface area contributed by atoms with Crippen molar-refractivity contribution < 1.29 is 18.3 Å². The van der Waals surface area contributed by atoms with Gasteiger partial charge in [-0.05, 0) is 42.4 Å². The average Bonchev–Trinajstić information content (AvgIpc) is 2.54. The van der Waals surface area contributed by atoms with Crippen molar-refractivity contribution in [3.8, 4) is 5.75 Å². The highest BCUT2D eigenvalue weighted by atomic mass is 19.1. The highest BCUT2D eigenvalue weighted by Gasteiger charge is 2.09. The van der Waals surface area contributed by atoms with Crippen molar-refractivity contribution in [1.82, 2.24) is 10.2 Å². The maximum absolute atomic E-state index is 13.7. The van der Waals surface area contributed by atoms with Crippen LogP contribution >= 0.6 is 0 Å². The highest BCUT2D eigenvalue weighted by Crippen LogP contribution is 2.18. The van der Waals surface area contributed by atoms with Gasteiger partial charge >= 0.3 is 0 Å². The molecule has 0 saturated heterocycles. The second kappa shape index (κ2) is 8.40. The smallest absolute Gasteiger partial charge is 0.234 e. The van der Waals surface area contributed by atoms with E-state index in [-0.39, 0.29) is 24.0 Å². The summed E-state index contributed by atoms with van der Waals surface area (Å²) in [7, 11) is 3.19. The van der Waals surface area contributed by atoms with Gasteiger partial charge in [0.25, 0.3) is 0 Å². The molecule has 2 aromatic carbocycles. The van der Waals surface area contributed by atoms with Crippen molar-refractivity contribution in [1.29, 1.82) is 0 Å². The van der Waals surface area contributed by atoms with Crippen LogP contribution in [0.25, 0.3) is 0 Å². The van der Waals surface area contributed by atoms with E-state index in [1.165, 1.54) is 25.3 Å². The first kappa shape index (κ1) is 17.9. The molecule has 128 valence electrons. The highest BCUT2D eigenvalue weighted by molar-refractivity contribution is 5.77. The summed E-state index contributed by atoms with van der Waals surface area (Å²) in [5.41, 5.74) is 1.58. The fourth-order valence-electron chi connectivity index (χ4n) is 2.28. The summed E-state index contributed by atoms with van der Waals surface area (Å²) in [5.74, 6) is -0.699. The summed E-state index contributed by atoms with van der Waals surface area (Å²) < 4.78 is 31.3. The second-order valence-corrected chi connectivity index (χ2v) is 5.54. The number of amides is 1. The molecule has 0 aliphatic rings. The zero-order chi connectivity index (χ0) is 17.5. The molecule has 0 fully saturated rings. The van der Waals surface area contributed by atoms with E-state index in [1.807, 2.05) is 0 Å². The molecule has 1 amide bonds. The van der Waals surface area contributed by atoms with Crippen LogP contribution in [0.2, 0.25) is 0 Å². The maximum Gasteiger partial charge on any atom is 0.234 e. The molecule has 0 unspecified atom stereocenters. The molecule has 4 nitrogen and oxygen atoms in total. The Morgan fingerprint density at radius 3 is 2.42 bits per heavy atom. The van der Waals surface area contributed by atoms with E-state index in [2.05, 4.69) is 5.32 Å². The lowest BCUT2D eigenvalue weighted by atomic mass is 10.2. The number of nitrogens with zero attached hydrogens (tertiary/aromatic N) is 1. The SMILES string of the molecule is COc1ccc(CN(C)CC(=O)NCc2ccc(F)cc2)cc1F. The van der Waals surface area contributed by atoms with Crippen LogP contribution in [0.15, 0.2) is 42.5 Å². The minimum Gasteiger partial charge on any atom is -0.494 e. The number of nitrogens with one attached hydrogen (secondary N) is 1. The van der Waals surface area contributed by atoms with Crippen LogP contribution in [0.5, 0.6) is 5.75 Å². The number of halogens is 2. The monoisotopic (exact) mass is 334 g/mol. The molecule has 0 saturated carbocycles. The molecule has 0 aliphatic carbocycles. The summed E-state index contributed by atoms with van der Waals surface area (Å²) in [6.45, 7) is 0.948. The lowest BCUT2D eigenvalue weighted by Gasteiger charge is -2.17.